The van der Waals surface area contributed by atoms with Gasteiger partial charge in [0.15, 0.2) is 0 Å². The maximum atomic E-state index is 2.47. The Balaban J connectivity index is 1.18. The molecule has 12 aromatic carbocycles. The van der Waals surface area contributed by atoms with E-state index in [1.54, 1.807) is 0 Å². The van der Waals surface area contributed by atoms with E-state index in [9.17, 15) is 0 Å². The normalized spacial score (nSPS) is 11.3. The van der Waals surface area contributed by atoms with Crippen LogP contribution in [0.5, 0.6) is 0 Å². The summed E-state index contributed by atoms with van der Waals surface area (Å²) < 4.78 is 0. The maximum Gasteiger partial charge on any atom is 0.0468 e. The second-order valence-corrected chi connectivity index (χ2v) is 17.2. The Labute approximate surface area is 392 Å². The first-order valence-electron chi connectivity index (χ1n) is 23.1. The van der Waals surface area contributed by atoms with Crippen LogP contribution in [-0.4, -0.2) is 0 Å². The lowest BCUT2D eigenvalue weighted by Gasteiger charge is -2.27. The van der Waals surface area contributed by atoms with Crippen LogP contribution in [0.3, 0.4) is 0 Å². The number of nitrogens with zero attached hydrogens (tertiary/aromatic N) is 1. The average molecular weight is 852 g/mol. The molecule has 12 rings (SSSR count). The standard InChI is InChI=1S/C66H45N/c1-6-18-46(19-7-1)49-30-36-52(37-31-49)61-45-62(53-38-32-50(33-39-53)47-20-8-2-9-21-47)65-60-43-42-57(67(55-24-12-4-13-25-55)56-26-14-5-15-27-56)44-63(60)58-28-16-17-29-59(58)66(65)64(61)54-40-34-51(35-41-54)48-22-10-3-11-23-48/h1-45H. The molecule has 0 heterocycles. The van der Waals surface area contributed by atoms with Gasteiger partial charge >= 0.3 is 0 Å². The molecule has 0 radical (unpaired) electrons. The van der Waals surface area contributed by atoms with Crippen LogP contribution in [-0.2, 0) is 0 Å². The molecule has 1 nitrogen and oxygen atoms in total. The van der Waals surface area contributed by atoms with Gasteiger partial charge in [-0.3, -0.25) is 0 Å². The second kappa shape index (κ2) is 17.3. The van der Waals surface area contributed by atoms with Gasteiger partial charge in [-0.2, -0.15) is 0 Å². The third kappa shape index (κ3) is 7.43. The fourth-order valence-corrected chi connectivity index (χ4v) is 10.0. The molecule has 0 fully saturated rings. The van der Waals surface area contributed by atoms with Gasteiger partial charge in [0.25, 0.3) is 0 Å². The minimum atomic E-state index is 1.11. The first kappa shape index (κ1) is 39.8. The minimum Gasteiger partial charge on any atom is -0.310 e. The molecule has 0 bridgehead atoms. The molecule has 0 spiro atoms. The van der Waals surface area contributed by atoms with Crippen molar-refractivity contribution < 1.29 is 0 Å². The molecule has 0 atom stereocenters. The molecule has 0 unspecified atom stereocenters. The Kier molecular flexibility index (Phi) is 10.3. The monoisotopic (exact) mass is 851 g/mol. The first-order chi connectivity index (χ1) is 33.2. The van der Waals surface area contributed by atoms with Crippen molar-refractivity contribution in [2.24, 2.45) is 0 Å². The van der Waals surface area contributed by atoms with E-state index in [0.29, 0.717) is 0 Å². The summed E-state index contributed by atoms with van der Waals surface area (Å²) in [5.41, 5.74) is 17.7. The van der Waals surface area contributed by atoms with Crippen molar-refractivity contribution in [2.45, 2.75) is 0 Å². The smallest absolute Gasteiger partial charge is 0.0468 e. The molecule has 1 heteroatoms. The lowest BCUT2D eigenvalue weighted by molar-refractivity contribution is 1.29. The number of hydrogen-bond donors (Lipinski definition) is 0. The Hall–Kier alpha value is -8.78. The molecular formula is C66H45N. The van der Waals surface area contributed by atoms with Gasteiger partial charge in [-0.25, -0.2) is 0 Å². The van der Waals surface area contributed by atoms with Crippen LogP contribution in [0, 0.1) is 0 Å². The van der Waals surface area contributed by atoms with Crippen LogP contribution in [0.4, 0.5) is 17.1 Å². The Bertz CT molecular complexity index is 3620. The fourth-order valence-electron chi connectivity index (χ4n) is 10.0. The van der Waals surface area contributed by atoms with Crippen molar-refractivity contribution in [1.82, 2.24) is 0 Å². The zero-order valence-electron chi connectivity index (χ0n) is 36.9. The summed E-state index contributed by atoms with van der Waals surface area (Å²) in [5, 5.41) is 7.36. The molecule has 12 aromatic rings. The number of benzene rings is 12. The van der Waals surface area contributed by atoms with Crippen LogP contribution >= 0.6 is 0 Å². The Morgan fingerprint density at radius 3 is 1.03 bits per heavy atom. The predicted octanol–water partition coefficient (Wildman–Crippen LogP) is 18.6. The maximum absolute atomic E-state index is 2.47. The van der Waals surface area contributed by atoms with Gasteiger partial charge in [-0.05, 0) is 142 Å². The van der Waals surface area contributed by atoms with E-state index in [2.05, 4.69) is 278 Å². The summed E-state index contributed by atoms with van der Waals surface area (Å²) in [6.07, 6.45) is 0. The third-order valence-electron chi connectivity index (χ3n) is 13.3. The van der Waals surface area contributed by atoms with Crippen molar-refractivity contribution in [2.75, 3.05) is 4.90 Å². The van der Waals surface area contributed by atoms with E-state index >= 15 is 0 Å². The summed E-state index contributed by atoms with van der Waals surface area (Å²) in [5.74, 6) is 0. The van der Waals surface area contributed by atoms with Crippen molar-refractivity contribution in [1.29, 1.82) is 0 Å². The minimum absolute atomic E-state index is 1.11. The van der Waals surface area contributed by atoms with Gasteiger partial charge in [-0.15, -0.1) is 0 Å². The first-order valence-corrected chi connectivity index (χ1v) is 23.1. The van der Waals surface area contributed by atoms with Crippen molar-refractivity contribution in [3.63, 3.8) is 0 Å². The third-order valence-corrected chi connectivity index (χ3v) is 13.3. The zero-order valence-corrected chi connectivity index (χ0v) is 36.9. The number of hydrogen-bond acceptors (Lipinski definition) is 1. The van der Waals surface area contributed by atoms with Crippen molar-refractivity contribution in [3.8, 4) is 66.8 Å². The van der Waals surface area contributed by atoms with Crippen molar-refractivity contribution in [3.05, 3.63) is 273 Å². The largest absolute Gasteiger partial charge is 0.310 e. The highest BCUT2D eigenvalue weighted by atomic mass is 15.1. The number of rotatable bonds is 9. The van der Waals surface area contributed by atoms with Gasteiger partial charge in [0.05, 0.1) is 0 Å². The second-order valence-electron chi connectivity index (χ2n) is 17.2. The summed E-state index contributed by atoms with van der Waals surface area (Å²) in [4.78, 5) is 2.36. The molecule has 0 saturated carbocycles. The predicted molar refractivity (Wildman–Crippen MR) is 286 cm³/mol. The fraction of sp³-hybridized carbons (Fsp3) is 0. The summed E-state index contributed by atoms with van der Waals surface area (Å²) in [7, 11) is 0. The van der Waals surface area contributed by atoms with Gasteiger partial charge in [0.2, 0.25) is 0 Å². The van der Waals surface area contributed by atoms with Crippen LogP contribution in [0.2, 0.25) is 0 Å². The molecule has 67 heavy (non-hydrogen) atoms. The highest BCUT2D eigenvalue weighted by molar-refractivity contribution is 6.33. The van der Waals surface area contributed by atoms with Crippen LogP contribution in [0.1, 0.15) is 0 Å². The molecule has 0 saturated heterocycles. The lowest BCUT2D eigenvalue weighted by Crippen LogP contribution is -2.09. The molecular weight excluding hydrogens is 807 g/mol. The molecule has 0 N–H and O–H groups in total. The average Bonchev–Trinajstić information content (AvgIpc) is 3.42. The van der Waals surface area contributed by atoms with E-state index in [1.165, 1.54) is 99.1 Å². The van der Waals surface area contributed by atoms with Gasteiger partial charge in [0, 0.05) is 17.1 Å². The Morgan fingerprint density at radius 2 is 0.552 bits per heavy atom. The summed E-state index contributed by atoms with van der Waals surface area (Å²) >= 11 is 0. The van der Waals surface area contributed by atoms with Crippen LogP contribution in [0.15, 0.2) is 273 Å². The van der Waals surface area contributed by atoms with Gasteiger partial charge in [-0.1, -0.05) is 231 Å². The van der Waals surface area contributed by atoms with E-state index in [1.807, 2.05) is 0 Å². The van der Waals surface area contributed by atoms with Crippen LogP contribution < -0.4 is 4.90 Å². The highest BCUT2D eigenvalue weighted by Gasteiger charge is 2.23. The molecule has 0 aromatic heterocycles. The quantitative estimate of drug-likeness (QED) is 0.131. The molecule has 0 aliphatic heterocycles. The van der Waals surface area contributed by atoms with E-state index in [4.69, 9.17) is 0 Å². The molecule has 314 valence electrons. The lowest BCUT2D eigenvalue weighted by atomic mass is 9.81. The van der Waals surface area contributed by atoms with Crippen molar-refractivity contribution >= 4 is 49.4 Å². The van der Waals surface area contributed by atoms with Crippen LogP contribution in [0.25, 0.3) is 99.1 Å². The van der Waals surface area contributed by atoms with E-state index < -0.39 is 0 Å². The summed E-state index contributed by atoms with van der Waals surface area (Å²) in [6.45, 7) is 0. The summed E-state index contributed by atoms with van der Waals surface area (Å²) in [6, 6.07) is 99.6. The number of anilines is 3. The SMILES string of the molecule is c1ccc(-c2ccc(-c3cc(-c4ccc(-c5ccccc5)cc4)c4c5ccc(N(c6ccccc6)c6ccccc6)cc5c5ccccc5c4c3-c3ccc(-c4ccccc4)cc3)cc2)cc1. The van der Waals surface area contributed by atoms with Gasteiger partial charge in [0.1, 0.15) is 0 Å². The zero-order chi connectivity index (χ0) is 44.5. The van der Waals surface area contributed by atoms with E-state index in [0.717, 1.165) is 17.1 Å². The number of para-hydroxylation sites is 2. The molecule has 0 aliphatic carbocycles. The highest BCUT2D eigenvalue weighted by Crippen LogP contribution is 2.50. The molecule has 0 amide bonds. The Morgan fingerprint density at radius 1 is 0.194 bits per heavy atom. The number of fused-ring (bicyclic) bond motifs is 6. The molecule has 0 aliphatic rings. The van der Waals surface area contributed by atoms with E-state index in [-0.39, 0.29) is 0 Å². The van der Waals surface area contributed by atoms with Gasteiger partial charge < -0.3 is 4.90 Å². The topological polar surface area (TPSA) is 3.24 Å².